The van der Waals surface area contributed by atoms with E-state index >= 15 is 0 Å². The second-order valence-electron chi connectivity index (χ2n) is 7.17. The molecule has 1 fully saturated rings. The number of nitrogens with one attached hydrogen (secondary N) is 1. The smallest absolute Gasteiger partial charge is 0.0502 e. The van der Waals surface area contributed by atoms with Crippen LogP contribution in [0.5, 0.6) is 0 Å². The lowest BCUT2D eigenvalue weighted by Gasteiger charge is -2.32. The maximum Gasteiger partial charge on any atom is 0.0502 e. The summed E-state index contributed by atoms with van der Waals surface area (Å²) in [4.78, 5) is 5.50. The van der Waals surface area contributed by atoms with Crippen LogP contribution in [0.25, 0.3) is 0 Å². The van der Waals surface area contributed by atoms with Crippen LogP contribution in [0.2, 0.25) is 0 Å². The van der Waals surface area contributed by atoms with E-state index in [-0.39, 0.29) is 5.54 Å². The molecule has 21 heavy (non-hydrogen) atoms. The summed E-state index contributed by atoms with van der Waals surface area (Å²) in [6, 6.07) is 4.57. The zero-order chi connectivity index (χ0) is 15.3. The molecular weight excluding hydrogens is 280 g/mol. The molecular formula is C17H30N2OS. The van der Waals surface area contributed by atoms with Gasteiger partial charge in [-0.15, -0.1) is 11.3 Å². The van der Waals surface area contributed by atoms with E-state index in [2.05, 4.69) is 43.1 Å². The van der Waals surface area contributed by atoms with Gasteiger partial charge in [0.05, 0.1) is 6.61 Å². The summed E-state index contributed by atoms with van der Waals surface area (Å²) in [6.45, 7) is 12.0. The average Bonchev–Trinajstić information content (AvgIpc) is 2.84. The van der Waals surface area contributed by atoms with Crippen LogP contribution in [0.1, 0.15) is 43.4 Å². The summed E-state index contributed by atoms with van der Waals surface area (Å²) < 4.78 is 5.32. The van der Waals surface area contributed by atoms with Crippen molar-refractivity contribution in [3.63, 3.8) is 0 Å². The number of ether oxygens (including phenoxy) is 1. The summed E-state index contributed by atoms with van der Waals surface area (Å²) in [5.41, 5.74) is 0.185. The van der Waals surface area contributed by atoms with Crippen molar-refractivity contribution in [1.29, 1.82) is 0 Å². The van der Waals surface area contributed by atoms with Crippen molar-refractivity contribution >= 4 is 11.3 Å². The Morgan fingerprint density at radius 1 is 1.33 bits per heavy atom. The molecule has 1 aliphatic heterocycles. The van der Waals surface area contributed by atoms with Crippen LogP contribution in [0.15, 0.2) is 12.1 Å². The van der Waals surface area contributed by atoms with Gasteiger partial charge in [0.2, 0.25) is 0 Å². The lowest BCUT2D eigenvalue weighted by atomic mass is 9.99. The summed E-state index contributed by atoms with van der Waals surface area (Å²) in [7, 11) is 1.81. The van der Waals surface area contributed by atoms with Gasteiger partial charge in [-0.2, -0.15) is 0 Å². The van der Waals surface area contributed by atoms with E-state index < -0.39 is 0 Å². The molecule has 0 radical (unpaired) electrons. The molecule has 1 N–H and O–H groups in total. The Labute approximate surface area is 133 Å². The zero-order valence-electron chi connectivity index (χ0n) is 13.9. The van der Waals surface area contributed by atoms with Gasteiger partial charge in [-0.25, -0.2) is 0 Å². The summed E-state index contributed by atoms with van der Waals surface area (Å²) in [5.74, 6) is 0.714. The first kappa shape index (κ1) is 16.9. The molecule has 0 aromatic carbocycles. The fourth-order valence-corrected chi connectivity index (χ4v) is 3.84. The lowest BCUT2D eigenvalue weighted by molar-refractivity contribution is 0.0878. The van der Waals surface area contributed by atoms with E-state index in [1.54, 1.807) is 0 Å². The van der Waals surface area contributed by atoms with Gasteiger partial charge in [0.15, 0.2) is 0 Å². The number of hydrogen-bond acceptors (Lipinski definition) is 4. The normalized spacial score (nSPS) is 20.9. The van der Waals surface area contributed by atoms with Crippen molar-refractivity contribution in [3.05, 3.63) is 21.9 Å². The second-order valence-corrected chi connectivity index (χ2v) is 8.42. The lowest BCUT2D eigenvalue weighted by Crippen LogP contribution is -2.36. The molecule has 0 aliphatic carbocycles. The molecule has 3 nitrogen and oxygen atoms in total. The van der Waals surface area contributed by atoms with E-state index in [0.717, 1.165) is 19.7 Å². The number of piperidine rings is 1. The Morgan fingerprint density at radius 3 is 2.81 bits per heavy atom. The highest BCUT2D eigenvalue weighted by atomic mass is 32.1. The fraction of sp³-hybridized carbons (Fsp3) is 0.765. The van der Waals surface area contributed by atoms with E-state index in [9.17, 15) is 0 Å². The third-order valence-electron chi connectivity index (χ3n) is 3.90. The predicted octanol–water partition coefficient (Wildman–Crippen LogP) is 3.49. The molecule has 2 rings (SSSR count). The molecule has 1 saturated heterocycles. The second kappa shape index (κ2) is 7.73. The summed E-state index contributed by atoms with van der Waals surface area (Å²) >= 11 is 1.95. The third kappa shape index (κ3) is 6.07. The van der Waals surface area contributed by atoms with Crippen LogP contribution in [-0.4, -0.2) is 37.2 Å². The molecule has 1 atom stereocenters. The van der Waals surface area contributed by atoms with Crippen LogP contribution >= 0.6 is 11.3 Å². The minimum Gasteiger partial charge on any atom is -0.384 e. The number of hydrogen-bond donors (Lipinski definition) is 1. The molecule has 1 aromatic rings. The number of nitrogens with zero attached hydrogens (tertiary/aromatic N) is 1. The highest BCUT2D eigenvalue weighted by Gasteiger charge is 2.20. The van der Waals surface area contributed by atoms with Gasteiger partial charge in [0, 0.05) is 42.0 Å². The Hall–Kier alpha value is -0.420. The fourth-order valence-electron chi connectivity index (χ4n) is 2.84. The first-order valence-corrected chi connectivity index (χ1v) is 8.82. The van der Waals surface area contributed by atoms with Crippen molar-refractivity contribution in [3.8, 4) is 0 Å². The molecule has 120 valence electrons. The SMILES string of the molecule is COCC1CCCN(Cc2ccc(CNC(C)(C)C)s2)C1. The van der Waals surface area contributed by atoms with E-state index in [1.165, 1.54) is 35.7 Å². The molecule has 4 heteroatoms. The number of likely N-dealkylation sites (tertiary alicyclic amines) is 1. The topological polar surface area (TPSA) is 24.5 Å². The molecule has 0 bridgehead atoms. The minimum absolute atomic E-state index is 0.185. The molecule has 0 amide bonds. The van der Waals surface area contributed by atoms with Crippen LogP contribution in [0.3, 0.4) is 0 Å². The van der Waals surface area contributed by atoms with E-state index in [0.29, 0.717) is 5.92 Å². The van der Waals surface area contributed by atoms with Gasteiger partial charge in [0.1, 0.15) is 0 Å². The van der Waals surface area contributed by atoms with Crippen molar-refractivity contribution < 1.29 is 4.74 Å². The van der Waals surface area contributed by atoms with Gasteiger partial charge < -0.3 is 10.1 Å². The molecule has 0 saturated carbocycles. The van der Waals surface area contributed by atoms with Gasteiger partial charge in [-0.1, -0.05) is 0 Å². The van der Waals surface area contributed by atoms with Gasteiger partial charge in [-0.3, -0.25) is 4.90 Å². The maximum atomic E-state index is 5.32. The Morgan fingerprint density at radius 2 is 2.10 bits per heavy atom. The standard InChI is InChI=1S/C17H30N2OS/c1-17(2,3)18-10-15-7-8-16(21-15)12-19-9-5-6-14(11-19)13-20-4/h7-8,14,18H,5-6,9-13H2,1-4H3. The zero-order valence-corrected chi connectivity index (χ0v) is 14.8. The van der Waals surface area contributed by atoms with Crippen LogP contribution in [0.4, 0.5) is 0 Å². The Kier molecular flexibility index (Phi) is 6.23. The Bertz CT molecular complexity index is 423. The van der Waals surface area contributed by atoms with E-state index in [4.69, 9.17) is 4.74 Å². The Balaban J connectivity index is 1.81. The van der Waals surface area contributed by atoms with Crippen molar-refractivity contribution in [2.45, 2.75) is 52.2 Å². The van der Waals surface area contributed by atoms with Gasteiger partial charge >= 0.3 is 0 Å². The summed E-state index contributed by atoms with van der Waals surface area (Å²) in [6.07, 6.45) is 2.62. The molecule has 2 heterocycles. The molecule has 1 unspecified atom stereocenters. The van der Waals surface area contributed by atoms with Crippen molar-refractivity contribution in [2.24, 2.45) is 5.92 Å². The monoisotopic (exact) mass is 310 g/mol. The van der Waals surface area contributed by atoms with Gasteiger partial charge in [-0.05, 0) is 58.2 Å². The van der Waals surface area contributed by atoms with Gasteiger partial charge in [0.25, 0.3) is 0 Å². The summed E-state index contributed by atoms with van der Waals surface area (Å²) in [5, 5.41) is 3.56. The number of methoxy groups -OCH3 is 1. The van der Waals surface area contributed by atoms with Crippen LogP contribution in [0, 0.1) is 5.92 Å². The quantitative estimate of drug-likeness (QED) is 0.870. The van der Waals surface area contributed by atoms with E-state index in [1.807, 2.05) is 18.4 Å². The number of rotatable bonds is 6. The first-order chi connectivity index (χ1) is 9.96. The third-order valence-corrected chi connectivity index (χ3v) is 4.97. The maximum absolute atomic E-state index is 5.32. The first-order valence-electron chi connectivity index (χ1n) is 8.00. The van der Waals surface area contributed by atoms with Crippen molar-refractivity contribution in [1.82, 2.24) is 10.2 Å². The molecule has 0 spiro atoms. The largest absolute Gasteiger partial charge is 0.384 e. The molecule has 1 aromatic heterocycles. The molecule has 1 aliphatic rings. The highest BCUT2D eigenvalue weighted by molar-refractivity contribution is 7.11. The van der Waals surface area contributed by atoms with Crippen LogP contribution < -0.4 is 5.32 Å². The minimum atomic E-state index is 0.185. The van der Waals surface area contributed by atoms with Crippen LogP contribution in [-0.2, 0) is 17.8 Å². The highest BCUT2D eigenvalue weighted by Crippen LogP contribution is 2.23. The van der Waals surface area contributed by atoms with Crippen molar-refractivity contribution in [2.75, 3.05) is 26.8 Å². The average molecular weight is 311 g/mol. The number of thiophene rings is 1. The predicted molar refractivity (Wildman–Crippen MR) is 90.8 cm³/mol.